The highest BCUT2D eigenvalue weighted by atomic mass is 79.9. The lowest BCUT2D eigenvalue weighted by Crippen LogP contribution is -2.24. The van der Waals surface area contributed by atoms with Gasteiger partial charge in [0.05, 0.1) is 16.7 Å². The van der Waals surface area contributed by atoms with E-state index in [1.54, 1.807) is 10.9 Å². The Kier molecular flexibility index (Phi) is 4.48. The van der Waals surface area contributed by atoms with Gasteiger partial charge in [0.2, 0.25) is 0 Å². The number of carbonyl (C=O) groups is 1. The minimum Gasteiger partial charge on any atom is -0.345 e. The first-order chi connectivity index (χ1) is 9.51. The molecule has 2 aromatic rings. The number of nitrogens with zero attached hydrogens (tertiary/aromatic N) is 4. The molecule has 0 aliphatic carbocycles. The third-order valence-electron chi connectivity index (χ3n) is 2.57. The molecule has 0 radical (unpaired) electrons. The molecule has 0 unspecified atom stereocenters. The fourth-order valence-corrected chi connectivity index (χ4v) is 2.00. The Bertz CT molecular complexity index is 610. The summed E-state index contributed by atoms with van der Waals surface area (Å²) in [5.74, 6) is -0.526. The fourth-order valence-electron chi connectivity index (χ4n) is 1.54. The standard InChI is InChI=1S/C11H12BrF2N5O/c1-2-18-6-7(12)9(16-18)5-15-10(20)8-3-4-19(17-8)11(13)14/h3-4,6,11H,2,5H2,1H3,(H,15,20). The lowest BCUT2D eigenvalue weighted by molar-refractivity contribution is 0.0560. The summed E-state index contributed by atoms with van der Waals surface area (Å²) in [6, 6.07) is 1.24. The average molecular weight is 348 g/mol. The lowest BCUT2D eigenvalue weighted by atomic mass is 10.4. The van der Waals surface area contributed by atoms with Crippen LogP contribution in [0.2, 0.25) is 0 Å². The number of amides is 1. The number of alkyl halides is 2. The van der Waals surface area contributed by atoms with E-state index in [1.807, 2.05) is 6.92 Å². The van der Waals surface area contributed by atoms with Gasteiger partial charge in [-0.3, -0.25) is 9.48 Å². The molecule has 0 bridgehead atoms. The summed E-state index contributed by atoms with van der Waals surface area (Å²) >= 11 is 3.33. The van der Waals surface area contributed by atoms with Crippen molar-refractivity contribution in [1.82, 2.24) is 24.9 Å². The molecule has 0 saturated heterocycles. The number of rotatable bonds is 5. The number of nitrogens with one attached hydrogen (secondary N) is 1. The first kappa shape index (κ1) is 14.6. The molecule has 108 valence electrons. The monoisotopic (exact) mass is 347 g/mol. The molecular formula is C11H12BrF2N5O. The van der Waals surface area contributed by atoms with Gasteiger partial charge in [-0.15, -0.1) is 0 Å². The molecule has 0 aromatic carbocycles. The average Bonchev–Trinajstić information content (AvgIpc) is 3.02. The first-order valence-electron chi connectivity index (χ1n) is 5.84. The fraction of sp³-hybridized carbons (Fsp3) is 0.364. The Morgan fingerprint density at radius 3 is 2.80 bits per heavy atom. The molecule has 0 aliphatic rings. The highest BCUT2D eigenvalue weighted by molar-refractivity contribution is 9.10. The summed E-state index contributed by atoms with van der Waals surface area (Å²) in [6.07, 6.45) is 2.86. The minimum atomic E-state index is -2.76. The number of carbonyl (C=O) groups excluding carboxylic acids is 1. The van der Waals surface area contributed by atoms with Crippen LogP contribution < -0.4 is 5.32 Å². The molecule has 2 rings (SSSR count). The predicted molar refractivity (Wildman–Crippen MR) is 70.3 cm³/mol. The number of aromatic nitrogens is 4. The lowest BCUT2D eigenvalue weighted by Gasteiger charge is -2.01. The van der Waals surface area contributed by atoms with Crippen molar-refractivity contribution in [2.75, 3.05) is 0 Å². The van der Waals surface area contributed by atoms with Crippen molar-refractivity contribution in [3.8, 4) is 0 Å². The van der Waals surface area contributed by atoms with Crippen LogP contribution >= 0.6 is 15.9 Å². The van der Waals surface area contributed by atoms with Crippen LogP contribution in [0.3, 0.4) is 0 Å². The van der Waals surface area contributed by atoms with Crippen LogP contribution in [-0.4, -0.2) is 25.5 Å². The van der Waals surface area contributed by atoms with Gasteiger partial charge < -0.3 is 5.32 Å². The maximum atomic E-state index is 12.3. The number of aryl methyl sites for hydroxylation is 1. The molecule has 2 aromatic heterocycles. The van der Waals surface area contributed by atoms with Crippen molar-refractivity contribution in [3.63, 3.8) is 0 Å². The number of hydrogen-bond donors (Lipinski definition) is 1. The van der Waals surface area contributed by atoms with Gasteiger partial charge in [-0.25, -0.2) is 4.68 Å². The van der Waals surface area contributed by atoms with Gasteiger partial charge in [0.1, 0.15) is 5.69 Å². The zero-order chi connectivity index (χ0) is 14.7. The van der Waals surface area contributed by atoms with Gasteiger partial charge in [0, 0.05) is 18.9 Å². The minimum absolute atomic E-state index is 0.0589. The molecule has 0 atom stereocenters. The molecule has 0 aliphatic heterocycles. The second-order valence-electron chi connectivity index (χ2n) is 3.92. The van der Waals surface area contributed by atoms with Crippen LogP contribution in [0.5, 0.6) is 0 Å². The summed E-state index contributed by atoms with van der Waals surface area (Å²) in [5.41, 5.74) is 0.602. The zero-order valence-electron chi connectivity index (χ0n) is 10.6. The van der Waals surface area contributed by atoms with Crippen molar-refractivity contribution in [3.05, 3.63) is 34.3 Å². The summed E-state index contributed by atoms with van der Waals surface area (Å²) in [5, 5.41) is 10.3. The van der Waals surface area contributed by atoms with Gasteiger partial charge in [0.25, 0.3) is 5.91 Å². The third kappa shape index (κ3) is 3.21. The maximum absolute atomic E-state index is 12.3. The molecule has 0 spiro atoms. The number of hydrogen-bond acceptors (Lipinski definition) is 3. The van der Waals surface area contributed by atoms with Crippen LogP contribution in [0.4, 0.5) is 8.78 Å². The topological polar surface area (TPSA) is 64.7 Å². The third-order valence-corrected chi connectivity index (χ3v) is 3.23. The highest BCUT2D eigenvalue weighted by Gasteiger charge is 2.14. The van der Waals surface area contributed by atoms with E-state index in [9.17, 15) is 13.6 Å². The summed E-state index contributed by atoms with van der Waals surface area (Å²) in [7, 11) is 0. The van der Waals surface area contributed by atoms with Crippen molar-refractivity contribution < 1.29 is 13.6 Å². The molecule has 0 fully saturated rings. The van der Waals surface area contributed by atoms with E-state index in [0.29, 0.717) is 16.9 Å². The second-order valence-corrected chi connectivity index (χ2v) is 4.78. The summed E-state index contributed by atoms with van der Waals surface area (Å²) < 4.78 is 27.6. The molecule has 6 nitrogen and oxygen atoms in total. The second kappa shape index (κ2) is 6.12. The van der Waals surface area contributed by atoms with Gasteiger partial charge in [-0.05, 0) is 28.9 Å². The van der Waals surface area contributed by atoms with E-state index in [0.717, 1.165) is 10.7 Å². The molecule has 0 saturated carbocycles. The van der Waals surface area contributed by atoms with E-state index in [2.05, 4.69) is 31.4 Å². The van der Waals surface area contributed by atoms with Crippen LogP contribution in [0.15, 0.2) is 22.9 Å². The number of halogens is 3. The normalized spacial score (nSPS) is 11.1. The molecule has 1 N–H and O–H groups in total. The smallest absolute Gasteiger partial charge is 0.333 e. The van der Waals surface area contributed by atoms with Crippen LogP contribution in [0.25, 0.3) is 0 Å². The maximum Gasteiger partial charge on any atom is 0.333 e. The molecule has 9 heteroatoms. The van der Waals surface area contributed by atoms with Crippen LogP contribution in [0, 0.1) is 0 Å². The molecule has 1 amide bonds. The van der Waals surface area contributed by atoms with Gasteiger partial charge in [-0.2, -0.15) is 19.0 Å². The Hall–Kier alpha value is -1.77. The van der Waals surface area contributed by atoms with E-state index in [-0.39, 0.29) is 12.2 Å². The van der Waals surface area contributed by atoms with Gasteiger partial charge in [0.15, 0.2) is 0 Å². The van der Waals surface area contributed by atoms with Crippen LogP contribution in [-0.2, 0) is 13.1 Å². The van der Waals surface area contributed by atoms with Crippen molar-refractivity contribution in [2.45, 2.75) is 26.6 Å². The largest absolute Gasteiger partial charge is 0.345 e. The summed E-state index contributed by atoms with van der Waals surface area (Å²) in [4.78, 5) is 11.8. The van der Waals surface area contributed by atoms with Crippen LogP contribution in [0.1, 0.15) is 29.7 Å². The first-order valence-corrected chi connectivity index (χ1v) is 6.64. The van der Waals surface area contributed by atoms with Gasteiger partial charge in [-0.1, -0.05) is 0 Å². The van der Waals surface area contributed by atoms with Crippen molar-refractivity contribution in [2.24, 2.45) is 0 Å². The Morgan fingerprint density at radius 1 is 1.50 bits per heavy atom. The van der Waals surface area contributed by atoms with Crippen molar-refractivity contribution in [1.29, 1.82) is 0 Å². The quantitative estimate of drug-likeness (QED) is 0.901. The van der Waals surface area contributed by atoms with E-state index < -0.39 is 12.5 Å². The molecular weight excluding hydrogens is 336 g/mol. The summed E-state index contributed by atoms with van der Waals surface area (Å²) in [6.45, 7) is 0.0869. The zero-order valence-corrected chi connectivity index (χ0v) is 12.1. The Balaban J connectivity index is 1.98. The Labute approximate surface area is 121 Å². The van der Waals surface area contributed by atoms with Gasteiger partial charge >= 0.3 is 6.55 Å². The Morgan fingerprint density at radius 2 is 2.25 bits per heavy atom. The van der Waals surface area contributed by atoms with E-state index >= 15 is 0 Å². The molecule has 2 heterocycles. The highest BCUT2D eigenvalue weighted by Crippen LogP contribution is 2.15. The van der Waals surface area contributed by atoms with E-state index in [4.69, 9.17) is 0 Å². The molecule has 20 heavy (non-hydrogen) atoms. The van der Waals surface area contributed by atoms with E-state index in [1.165, 1.54) is 6.07 Å². The SMILES string of the molecule is CCn1cc(Br)c(CNC(=O)c2ccn(C(F)F)n2)n1. The van der Waals surface area contributed by atoms with Crippen molar-refractivity contribution >= 4 is 21.8 Å². The predicted octanol–water partition coefficient (Wildman–Crippen LogP) is 2.19.